The molecular formula is C16H19N3O2S2. The molecule has 0 unspecified atom stereocenters. The van der Waals surface area contributed by atoms with Gasteiger partial charge in [-0.25, -0.2) is 17.7 Å². The monoisotopic (exact) mass is 349 g/mol. The third-order valence-electron chi connectivity index (χ3n) is 4.74. The van der Waals surface area contributed by atoms with Gasteiger partial charge in [0, 0.05) is 43.2 Å². The highest BCUT2D eigenvalue weighted by Crippen LogP contribution is 2.43. The highest BCUT2D eigenvalue weighted by Gasteiger charge is 2.51. The molecule has 0 bridgehead atoms. The Labute approximate surface area is 140 Å². The molecule has 1 aromatic carbocycles. The molecule has 23 heavy (non-hydrogen) atoms. The molecule has 2 saturated heterocycles. The molecule has 7 heteroatoms. The van der Waals surface area contributed by atoms with Crippen LogP contribution < -0.4 is 4.90 Å². The lowest BCUT2D eigenvalue weighted by molar-refractivity contribution is 0.0934. The maximum atomic E-state index is 12.5. The van der Waals surface area contributed by atoms with E-state index in [1.54, 1.807) is 15.6 Å². The van der Waals surface area contributed by atoms with Gasteiger partial charge in [0.25, 0.3) is 0 Å². The van der Waals surface area contributed by atoms with Crippen molar-refractivity contribution in [2.45, 2.75) is 12.2 Å². The van der Waals surface area contributed by atoms with Crippen molar-refractivity contribution < 1.29 is 8.42 Å². The number of anilines is 1. The zero-order chi connectivity index (χ0) is 15.9. The molecule has 4 rings (SSSR count). The number of hydrogen-bond acceptors (Lipinski definition) is 5. The summed E-state index contributed by atoms with van der Waals surface area (Å²) in [7, 11) is -3.21. The van der Waals surface area contributed by atoms with Crippen LogP contribution in [0.15, 0.2) is 41.9 Å². The Hall–Kier alpha value is -1.44. The van der Waals surface area contributed by atoms with Gasteiger partial charge in [-0.1, -0.05) is 30.3 Å². The lowest BCUT2D eigenvalue weighted by atomic mass is 9.81. The van der Waals surface area contributed by atoms with Gasteiger partial charge in [0.2, 0.25) is 10.0 Å². The molecule has 2 aliphatic heterocycles. The maximum Gasteiger partial charge on any atom is 0.218 e. The van der Waals surface area contributed by atoms with Crippen LogP contribution in [0.25, 0.3) is 0 Å². The van der Waals surface area contributed by atoms with E-state index in [1.165, 1.54) is 0 Å². The zero-order valence-electron chi connectivity index (χ0n) is 12.8. The molecule has 0 amide bonds. The number of thiazole rings is 1. The minimum Gasteiger partial charge on any atom is -0.347 e. The van der Waals surface area contributed by atoms with Gasteiger partial charge >= 0.3 is 0 Å². The predicted molar refractivity (Wildman–Crippen MR) is 92.0 cm³/mol. The van der Waals surface area contributed by atoms with E-state index < -0.39 is 10.0 Å². The Morgan fingerprint density at radius 3 is 2.65 bits per heavy atom. The number of benzene rings is 1. The Bertz CT molecular complexity index is 769. The minimum atomic E-state index is -3.21. The van der Waals surface area contributed by atoms with Crippen molar-refractivity contribution >= 4 is 26.5 Å². The van der Waals surface area contributed by atoms with E-state index in [9.17, 15) is 8.42 Å². The van der Waals surface area contributed by atoms with Gasteiger partial charge in [-0.3, -0.25) is 0 Å². The van der Waals surface area contributed by atoms with Gasteiger partial charge in [0.1, 0.15) is 0 Å². The Balaban J connectivity index is 1.39. The quantitative estimate of drug-likeness (QED) is 0.849. The molecule has 122 valence electrons. The van der Waals surface area contributed by atoms with Gasteiger partial charge in [0.15, 0.2) is 5.13 Å². The van der Waals surface area contributed by atoms with E-state index in [-0.39, 0.29) is 11.2 Å². The molecular weight excluding hydrogens is 330 g/mol. The lowest BCUT2D eigenvalue weighted by Crippen LogP contribution is -2.59. The number of hydrogen-bond donors (Lipinski definition) is 0. The summed E-state index contributed by atoms with van der Waals surface area (Å²) < 4.78 is 26.7. The molecule has 5 nitrogen and oxygen atoms in total. The number of nitrogens with zero attached hydrogens (tertiary/aromatic N) is 3. The van der Waals surface area contributed by atoms with Crippen molar-refractivity contribution in [2.75, 3.05) is 31.1 Å². The third-order valence-corrected chi connectivity index (χ3v) is 7.31. The lowest BCUT2D eigenvalue weighted by Gasteiger charge is -2.46. The molecule has 2 aliphatic rings. The third kappa shape index (κ3) is 2.88. The van der Waals surface area contributed by atoms with E-state index >= 15 is 0 Å². The SMILES string of the molecule is O=S(=O)(Cc1ccccc1)N1CC2(CCN(c3nccs3)C2)C1. The van der Waals surface area contributed by atoms with Crippen LogP contribution in [-0.4, -0.2) is 43.9 Å². The summed E-state index contributed by atoms with van der Waals surface area (Å²) in [5.41, 5.74) is 0.972. The van der Waals surface area contributed by atoms with Gasteiger partial charge < -0.3 is 4.90 Å². The fraction of sp³-hybridized carbons (Fsp3) is 0.438. The molecule has 1 aromatic heterocycles. The first-order valence-electron chi connectivity index (χ1n) is 7.73. The maximum absolute atomic E-state index is 12.5. The Morgan fingerprint density at radius 2 is 1.96 bits per heavy atom. The summed E-state index contributed by atoms with van der Waals surface area (Å²) in [6.07, 6.45) is 2.87. The average molecular weight is 349 g/mol. The largest absolute Gasteiger partial charge is 0.347 e. The van der Waals surface area contributed by atoms with Gasteiger partial charge in [0.05, 0.1) is 5.75 Å². The van der Waals surface area contributed by atoms with Crippen LogP contribution in [0.4, 0.5) is 5.13 Å². The van der Waals surface area contributed by atoms with Crippen LogP contribution >= 0.6 is 11.3 Å². The minimum absolute atomic E-state index is 0.0973. The summed E-state index contributed by atoms with van der Waals surface area (Å²) in [5.74, 6) is 0.0973. The Kier molecular flexibility index (Phi) is 3.66. The van der Waals surface area contributed by atoms with Crippen molar-refractivity contribution in [3.05, 3.63) is 47.5 Å². The van der Waals surface area contributed by atoms with E-state index in [0.717, 1.165) is 30.2 Å². The second-order valence-corrected chi connectivity index (χ2v) is 9.34. The van der Waals surface area contributed by atoms with Crippen molar-refractivity contribution in [3.63, 3.8) is 0 Å². The number of aromatic nitrogens is 1. The number of rotatable bonds is 4. The molecule has 2 fully saturated rings. The summed E-state index contributed by atoms with van der Waals surface area (Å²) >= 11 is 1.65. The van der Waals surface area contributed by atoms with Crippen LogP contribution in [0, 0.1) is 5.41 Å². The second-order valence-electron chi connectivity index (χ2n) is 6.50. The first-order valence-corrected chi connectivity index (χ1v) is 10.2. The average Bonchev–Trinajstić information content (AvgIpc) is 3.15. The topological polar surface area (TPSA) is 53.5 Å². The molecule has 2 aromatic rings. The van der Waals surface area contributed by atoms with E-state index in [2.05, 4.69) is 9.88 Å². The summed E-state index contributed by atoms with van der Waals surface area (Å²) in [6, 6.07) is 9.40. The molecule has 0 atom stereocenters. The highest BCUT2D eigenvalue weighted by atomic mass is 32.2. The van der Waals surface area contributed by atoms with Gasteiger partial charge in [-0.15, -0.1) is 11.3 Å². The fourth-order valence-electron chi connectivity index (χ4n) is 3.50. The first-order chi connectivity index (χ1) is 11.1. The second kappa shape index (κ2) is 5.58. The standard InChI is InChI=1S/C16H19N3O2S2/c20-23(21,10-14-4-2-1-3-5-14)19-12-16(13-19)6-8-18(11-16)15-17-7-9-22-15/h1-5,7,9H,6,8,10-13H2. The molecule has 0 N–H and O–H groups in total. The summed E-state index contributed by atoms with van der Waals surface area (Å²) in [5, 5.41) is 3.03. The normalized spacial score (nSPS) is 20.8. The molecule has 0 aliphatic carbocycles. The fourth-order valence-corrected chi connectivity index (χ4v) is 5.91. The van der Waals surface area contributed by atoms with Crippen LogP contribution in [-0.2, 0) is 15.8 Å². The molecule has 0 saturated carbocycles. The zero-order valence-corrected chi connectivity index (χ0v) is 14.4. The van der Waals surface area contributed by atoms with Crippen LogP contribution in [0.5, 0.6) is 0 Å². The van der Waals surface area contributed by atoms with Crippen molar-refractivity contribution in [3.8, 4) is 0 Å². The smallest absolute Gasteiger partial charge is 0.218 e. The molecule has 3 heterocycles. The van der Waals surface area contributed by atoms with Crippen molar-refractivity contribution in [1.82, 2.24) is 9.29 Å². The van der Waals surface area contributed by atoms with Crippen LogP contribution in [0.1, 0.15) is 12.0 Å². The van der Waals surface area contributed by atoms with Crippen LogP contribution in [0.3, 0.4) is 0 Å². The summed E-state index contributed by atoms with van der Waals surface area (Å²) in [6.45, 7) is 3.17. The number of sulfonamides is 1. The van der Waals surface area contributed by atoms with Crippen molar-refractivity contribution in [1.29, 1.82) is 0 Å². The predicted octanol–water partition coefficient (Wildman–Crippen LogP) is 2.19. The van der Waals surface area contributed by atoms with Crippen LogP contribution in [0.2, 0.25) is 0 Å². The van der Waals surface area contributed by atoms with Gasteiger partial charge in [-0.2, -0.15) is 0 Å². The Morgan fingerprint density at radius 1 is 1.17 bits per heavy atom. The summed E-state index contributed by atoms with van der Waals surface area (Å²) in [4.78, 5) is 6.64. The van der Waals surface area contributed by atoms with Gasteiger partial charge in [-0.05, 0) is 12.0 Å². The molecule has 1 spiro atoms. The molecule has 0 radical (unpaired) electrons. The highest BCUT2D eigenvalue weighted by molar-refractivity contribution is 7.88. The van der Waals surface area contributed by atoms with E-state index in [0.29, 0.717) is 13.1 Å². The van der Waals surface area contributed by atoms with E-state index in [4.69, 9.17) is 0 Å². The van der Waals surface area contributed by atoms with E-state index in [1.807, 2.05) is 41.9 Å². The first kappa shape index (κ1) is 15.1. The van der Waals surface area contributed by atoms with Crippen molar-refractivity contribution in [2.24, 2.45) is 5.41 Å².